The van der Waals surface area contributed by atoms with Crippen LogP contribution in [-0.2, 0) is 0 Å². The zero-order valence-corrected chi connectivity index (χ0v) is 11.9. The summed E-state index contributed by atoms with van der Waals surface area (Å²) in [4.78, 5) is 20.4. The van der Waals surface area contributed by atoms with Gasteiger partial charge >= 0.3 is 0 Å². The Kier molecular flexibility index (Phi) is 3.87. The second-order valence-electron chi connectivity index (χ2n) is 5.00. The fourth-order valence-electron chi connectivity index (χ4n) is 2.37. The average Bonchev–Trinajstić information content (AvgIpc) is 2.48. The quantitative estimate of drug-likeness (QED) is 0.889. The number of aromatic nitrogens is 2. The van der Waals surface area contributed by atoms with E-state index in [2.05, 4.69) is 20.2 Å². The molecule has 6 heteroatoms. The van der Waals surface area contributed by atoms with Crippen LogP contribution in [0.5, 0.6) is 11.6 Å². The van der Waals surface area contributed by atoms with E-state index in [0.717, 1.165) is 26.2 Å². The monoisotopic (exact) mass is 286 g/mol. The van der Waals surface area contributed by atoms with Gasteiger partial charge in [-0.1, -0.05) is 0 Å². The topological polar surface area (TPSA) is 70.2 Å². The molecule has 1 aliphatic heterocycles. The van der Waals surface area contributed by atoms with E-state index in [1.807, 2.05) is 24.3 Å². The summed E-state index contributed by atoms with van der Waals surface area (Å²) in [6.45, 7) is 5.76. The molecule has 6 nitrogen and oxygen atoms in total. The predicted molar refractivity (Wildman–Crippen MR) is 81.2 cm³/mol. The van der Waals surface area contributed by atoms with Gasteiger partial charge in [-0.2, -0.15) is 0 Å². The molecule has 0 bridgehead atoms. The van der Waals surface area contributed by atoms with Gasteiger partial charge in [-0.15, -0.1) is 0 Å². The Bertz CT molecular complexity index is 660. The van der Waals surface area contributed by atoms with Crippen LogP contribution < -0.4 is 20.5 Å². The fraction of sp³-hybridized carbons (Fsp3) is 0.333. The maximum atomic E-state index is 11.4. The molecule has 0 aliphatic carbocycles. The Morgan fingerprint density at radius 2 is 1.90 bits per heavy atom. The Morgan fingerprint density at radius 3 is 2.57 bits per heavy atom. The molecule has 2 heterocycles. The van der Waals surface area contributed by atoms with Crippen LogP contribution in [0.25, 0.3) is 0 Å². The van der Waals surface area contributed by atoms with Crippen molar-refractivity contribution in [1.82, 2.24) is 15.3 Å². The number of aromatic amines is 1. The van der Waals surface area contributed by atoms with Gasteiger partial charge < -0.3 is 19.9 Å². The molecule has 0 atom stereocenters. The molecule has 2 aromatic rings. The molecule has 1 aromatic heterocycles. The van der Waals surface area contributed by atoms with Crippen molar-refractivity contribution in [3.05, 3.63) is 46.5 Å². The molecule has 0 saturated carbocycles. The van der Waals surface area contributed by atoms with Gasteiger partial charge in [0.15, 0.2) is 0 Å². The molecular formula is C15H18N4O2. The van der Waals surface area contributed by atoms with Crippen LogP contribution >= 0.6 is 0 Å². The lowest BCUT2D eigenvalue weighted by molar-refractivity contribution is 0.458. The number of ether oxygens (including phenoxy) is 1. The zero-order valence-electron chi connectivity index (χ0n) is 11.9. The van der Waals surface area contributed by atoms with E-state index >= 15 is 0 Å². The summed E-state index contributed by atoms with van der Waals surface area (Å²) in [6, 6.07) is 9.20. The highest BCUT2D eigenvalue weighted by Gasteiger charge is 2.10. The van der Waals surface area contributed by atoms with Crippen molar-refractivity contribution in [2.45, 2.75) is 6.92 Å². The van der Waals surface area contributed by atoms with Crippen molar-refractivity contribution in [2.75, 3.05) is 31.1 Å². The lowest BCUT2D eigenvalue weighted by Crippen LogP contribution is -2.43. The molecule has 3 rings (SSSR count). The summed E-state index contributed by atoms with van der Waals surface area (Å²) in [5.41, 5.74) is 0.967. The van der Waals surface area contributed by atoms with E-state index in [1.54, 1.807) is 6.92 Å². The normalized spacial score (nSPS) is 15.0. The molecule has 0 unspecified atom stereocenters. The number of benzene rings is 1. The lowest BCUT2D eigenvalue weighted by Gasteiger charge is -2.29. The van der Waals surface area contributed by atoms with Crippen LogP contribution in [0.2, 0.25) is 0 Å². The highest BCUT2D eigenvalue weighted by Crippen LogP contribution is 2.23. The molecule has 0 radical (unpaired) electrons. The molecule has 0 amide bonds. The minimum absolute atomic E-state index is 0.213. The van der Waals surface area contributed by atoms with Gasteiger partial charge in [-0.3, -0.25) is 4.79 Å². The summed E-state index contributed by atoms with van der Waals surface area (Å²) in [6.07, 6.45) is 0. The van der Waals surface area contributed by atoms with E-state index in [0.29, 0.717) is 17.5 Å². The second kappa shape index (κ2) is 5.97. The van der Waals surface area contributed by atoms with Crippen LogP contribution in [0, 0.1) is 6.92 Å². The van der Waals surface area contributed by atoms with Crippen molar-refractivity contribution < 1.29 is 4.74 Å². The van der Waals surface area contributed by atoms with Crippen molar-refractivity contribution in [3.8, 4) is 11.6 Å². The minimum Gasteiger partial charge on any atom is -0.439 e. The number of nitrogens with one attached hydrogen (secondary N) is 2. The maximum absolute atomic E-state index is 11.4. The van der Waals surface area contributed by atoms with Gasteiger partial charge in [0.25, 0.3) is 5.56 Å². The number of piperazine rings is 1. The third-order valence-corrected chi connectivity index (χ3v) is 3.38. The van der Waals surface area contributed by atoms with Gasteiger partial charge in [0.1, 0.15) is 11.6 Å². The van der Waals surface area contributed by atoms with Gasteiger partial charge in [0.2, 0.25) is 5.88 Å². The minimum atomic E-state index is -0.213. The first-order valence-electron chi connectivity index (χ1n) is 7.02. The SMILES string of the molecule is Cc1nc(Oc2ccc(N3CCNCC3)cc2)cc(=O)[nH]1. The molecule has 110 valence electrons. The third-order valence-electron chi connectivity index (χ3n) is 3.38. The van der Waals surface area contributed by atoms with Crippen LogP contribution in [0.4, 0.5) is 5.69 Å². The maximum Gasteiger partial charge on any atom is 0.254 e. The highest BCUT2D eigenvalue weighted by atomic mass is 16.5. The molecule has 2 N–H and O–H groups in total. The molecule has 1 fully saturated rings. The van der Waals surface area contributed by atoms with E-state index in [1.165, 1.54) is 11.8 Å². The molecular weight excluding hydrogens is 268 g/mol. The van der Waals surface area contributed by atoms with Crippen LogP contribution in [-0.4, -0.2) is 36.1 Å². The Hall–Kier alpha value is -2.34. The highest BCUT2D eigenvalue weighted by molar-refractivity contribution is 5.49. The van der Waals surface area contributed by atoms with Crippen LogP contribution in [0.1, 0.15) is 5.82 Å². The zero-order chi connectivity index (χ0) is 14.7. The van der Waals surface area contributed by atoms with E-state index < -0.39 is 0 Å². The van der Waals surface area contributed by atoms with Crippen molar-refractivity contribution in [3.63, 3.8) is 0 Å². The summed E-state index contributed by atoms with van der Waals surface area (Å²) >= 11 is 0. The number of hydrogen-bond acceptors (Lipinski definition) is 5. The number of H-pyrrole nitrogens is 1. The van der Waals surface area contributed by atoms with Gasteiger partial charge in [-0.05, 0) is 31.2 Å². The number of aryl methyl sites for hydroxylation is 1. The first-order chi connectivity index (χ1) is 10.2. The van der Waals surface area contributed by atoms with Crippen LogP contribution in [0.15, 0.2) is 35.1 Å². The Labute approximate surface area is 122 Å². The van der Waals surface area contributed by atoms with E-state index in [4.69, 9.17) is 4.74 Å². The molecule has 1 saturated heterocycles. The number of hydrogen-bond donors (Lipinski definition) is 2. The lowest BCUT2D eigenvalue weighted by atomic mass is 10.2. The summed E-state index contributed by atoms with van der Waals surface area (Å²) in [5, 5.41) is 3.33. The molecule has 1 aliphatic rings. The molecule has 21 heavy (non-hydrogen) atoms. The van der Waals surface area contributed by atoms with Crippen molar-refractivity contribution >= 4 is 5.69 Å². The standard InChI is InChI=1S/C15H18N4O2/c1-11-17-14(20)10-15(18-11)21-13-4-2-12(3-5-13)19-8-6-16-7-9-19/h2-5,10,16H,6-9H2,1H3,(H,17,18,20). The third kappa shape index (κ3) is 3.41. The number of anilines is 1. The molecule has 1 aromatic carbocycles. The Morgan fingerprint density at radius 1 is 1.19 bits per heavy atom. The fourth-order valence-corrected chi connectivity index (χ4v) is 2.37. The summed E-state index contributed by atoms with van der Waals surface area (Å²) in [5.74, 6) is 1.52. The molecule has 0 spiro atoms. The van der Waals surface area contributed by atoms with Crippen molar-refractivity contribution in [2.24, 2.45) is 0 Å². The Balaban J connectivity index is 1.73. The predicted octanol–water partition coefficient (Wildman–Crippen LogP) is 1.28. The van der Waals surface area contributed by atoms with E-state index in [9.17, 15) is 4.79 Å². The summed E-state index contributed by atoms with van der Waals surface area (Å²) < 4.78 is 5.62. The average molecular weight is 286 g/mol. The van der Waals surface area contributed by atoms with Gasteiger partial charge in [0, 0.05) is 31.9 Å². The van der Waals surface area contributed by atoms with Gasteiger partial charge in [-0.25, -0.2) is 4.98 Å². The summed E-state index contributed by atoms with van der Waals surface area (Å²) in [7, 11) is 0. The van der Waals surface area contributed by atoms with Gasteiger partial charge in [0.05, 0.1) is 6.07 Å². The number of nitrogens with zero attached hydrogens (tertiary/aromatic N) is 2. The number of rotatable bonds is 3. The van der Waals surface area contributed by atoms with Crippen LogP contribution in [0.3, 0.4) is 0 Å². The smallest absolute Gasteiger partial charge is 0.254 e. The second-order valence-corrected chi connectivity index (χ2v) is 5.00. The van der Waals surface area contributed by atoms with Crippen molar-refractivity contribution in [1.29, 1.82) is 0 Å². The first kappa shape index (κ1) is 13.6. The largest absolute Gasteiger partial charge is 0.439 e. The van der Waals surface area contributed by atoms with E-state index in [-0.39, 0.29) is 5.56 Å². The first-order valence-corrected chi connectivity index (χ1v) is 7.02.